The van der Waals surface area contributed by atoms with Crippen molar-refractivity contribution in [3.8, 4) is 5.75 Å². The Balaban J connectivity index is 1.31. The van der Waals surface area contributed by atoms with Crippen LogP contribution in [-0.2, 0) is 9.59 Å². The summed E-state index contributed by atoms with van der Waals surface area (Å²) in [5, 5.41) is 11.5. The molecule has 34 heavy (non-hydrogen) atoms. The fraction of sp³-hybridized carbons (Fsp3) is 0.200. The summed E-state index contributed by atoms with van der Waals surface area (Å²) in [6, 6.07) is 21.2. The topological polar surface area (TPSA) is 83.4 Å². The van der Waals surface area contributed by atoms with E-state index in [0.717, 1.165) is 22.6 Å². The Labute approximate surface area is 205 Å². The number of thioether (sulfide) groups is 1. The van der Waals surface area contributed by atoms with Gasteiger partial charge in [0.25, 0.3) is 5.91 Å². The SMILES string of the molecule is COc1cccc(NC(=O)C[C@H]2SC(N3N=C(c4cccs4)C[C@@H]3c3ccccc3)=NC2=O)c1. The molecule has 7 nitrogen and oxygen atoms in total. The summed E-state index contributed by atoms with van der Waals surface area (Å²) in [5.41, 5.74) is 2.70. The van der Waals surface area contributed by atoms with Gasteiger partial charge in [-0.25, -0.2) is 5.01 Å². The molecule has 0 saturated heterocycles. The van der Waals surface area contributed by atoms with Gasteiger partial charge in [0.05, 0.1) is 23.7 Å². The molecule has 1 aromatic heterocycles. The van der Waals surface area contributed by atoms with E-state index in [-0.39, 0.29) is 24.3 Å². The highest BCUT2D eigenvalue weighted by Gasteiger charge is 2.39. The van der Waals surface area contributed by atoms with Gasteiger partial charge in [-0.1, -0.05) is 54.2 Å². The van der Waals surface area contributed by atoms with Gasteiger partial charge in [-0.15, -0.1) is 11.3 Å². The Morgan fingerprint density at radius 1 is 1.15 bits per heavy atom. The maximum atomic E-state index is 12.7. The van der Waals surface area contributed by atoms with Gasteiger partial charge in [-0.05, 0) is 29.1 Å². The average Bonchev–Trinajstić information content (AvgIpc) is 3.60. The first-order valence-electron chi connectivity index (χ1n) is 10.8. The zero-order chi connectivity index (χ0) is 23.5. The summed E-state index contributed by atoms with van der Waals surface area (Å²) in [5.74, 6) is 0.0851. The van der Waals surface area contributed by atoms with E-state index in [2.05, 4.69) is 28.5 Å². The van der Waals surface area contributed by atoms with Crippen LogP contribution in [0.4, 0.5) is 5.69 Å². The Morgan fingerprint density at radius 3 is 2.76 bits per heavy atom. The van der Waals surface area contributed by atoms with E-state index < -0.39 is 5.25 Å². The van der Waals surface area contributed by atoms with Gasteiger partial charge < -0.3 is 10.1 Å². The van der Waals surface area contributed by atoms with Gasteiger partial charge in [-0.2, -0.15) is 10.1 Å². The molecule has 9 heteroatoms. The lowest BCUT2D eigenvalue weighted by molar-refractivity contribution is -0.121. The summed E-state index contributed by atoms with van der Waals surface area (Å²) in [6.07, 6.45) is 0.748. The van der Waals surface area contributed by atoms with Crippen LogP contribution >= 0.6 is 23.1 Å². The van der Waals surface area contributed by atoms with Crippen LogP contribution in [0.5, 0.6) is 5.75 Å². The molecule has 2 aliphatic rings. The molecule has 0 unspecified atom stereocenters. The lowest BCUT2D eigenvalue weighted by atomic mass is 10.0. The van der Waals surface area contributed by atoms with Crippen molar-refractivity contribution in [2.24, 2.45) is 10.1 Å². The number of hydrogen-bond acceptors (Lipinski definition) is 7. The van der Waals surface area contributed by atoms with Crippen LogP contribution in [0.1, 0.15) is 29.3 Å². The molecule has 2 amide bonds. The van der Waals surface area contributed by atoms with E-state index in [9.17, 15) is 9.59 Å². The van der Waals surface area contributed by atoms with Crippen LogP contribution in [0.25, 0.3) is 0 Å². The van der Waals surface area contributed by atoms with Gasteiger partial charge in [-0.3, -0.25) is 9.59 Å². The number of hydrogen-bond donors (Lipinski definition) is 1. The molecule has 172 valence electrons. The molecule has 1 N–H and O–H groups in total. The highest BCUT2D eigenvalue weighted by Crippen LogP contribution is 2.39. The number of rotatable bonds is 6. The van der Waals surface area contributed by atoms with Crippen molar-refractivity contribution in [2.75, 3.05) is 12.4 Å². The molecule has 2 atom stereocenters. The number of thiophene rings is 1. The largest absolute Gasteiger partial charge is 0.497 e. The van der Waals surface area contributed by atoms with E-state index in [1.807, 2.05) is 34.7 Å². The van der Waals surface area contributed by atoms with E-state index in [4.69, 9.17) is 9.84 Å². The number of hydrazone groups is 1. The van der Waals surface area contributed by atoms with Gasteiger partial charge in [0.15, 0.2) is 5.17 Å². The molecule has 0 spiro atoms. The van der Waals surface area contributed by atoms with Crippen molar-refractivity contribution >= 4 is 51.5 Å². The van der Waals surface area contributed by atoms with Gasteiger partial charge in [0, 0.05) is 24.6 Å². The van der Waals surface area contributed by atoms with E-state index in [1.165, 1.54) is 11.8 Å². The van der Waals surface area contributed by atoms with Crippen molar-refractivity contribution in [1.82, 2.24) is 5.01 Å². The number of ether oxygens (including phenoxy) is 1. The maximum absolute atomic E-state index is 12.7. The van der Waals surface area contributed by atoms with Crippen LogP contribution < -0.4 is 10.1 Å². The van der Waals surface area contributed by atoms with Gasteiger partial charge in [0.2, 0.25) is 5.91 Å². The zero-order valence-corrected chi connectivity index (χ0v) is 20.0. The molecule has 0 aliphatic carbocycles. The Bertz CT molecular complexity index is 1260. The monoisotopic (exact) mass is 490 g/mol. The minimum absolute atomic E-state index is 0.0268. The first-order valence-corrected chi connectivity index (χ1v) is 12.6. The summed E-state index contributed by atoms with van der Waals surface area (Å²) in [7, 11) is 1.57. The summed E-state index contributed by atoms with van der Waals surface area (Å²) in [4.78, 5) is 30.7. The first-order chi connectivity index (χ1) is 16.6. The molecule has 5 rings (SSSR count). The smallest absolute Gasteiger partial charge is 0.262 e. The second-order valence-corrected chi connectivity index (χ2v) is 9.94. The Kier molecular flexibility index (Phi) is 6.46. The maximum Gasteiger partial charge on any atom is 0.262 e. The van der Waals surface area contributed by atoms with E-state index >= 15 is 0 Å². The van der Waals surface area contributed by atoms with Crippen LogP contribution in [0, 0.1) is 0 Å². The molecule has 2 aliphatic heterocycles. The number of amides is 2. The van der Waals surface area contributed by atoms with Crippen LogP contribution in [-0.4, -0.2) is 40.1 Å². The Morgan fingerprint density at radius 2 is 2.00 bits per heavy atom. The highest BCUT2D eigenvalue weighted by molar-refractivity contribution is 8.15. The van der Waals surface area contributed by atoms with Crippen molar-refractivity contribution in [1.29, 1.82) is 0 Å². The number of anilines is 1. The number of nitrogens with zero attached hydrogens (tertiary/aromatic N) is 3. The number of methoxy groups -OCH3 is 1. The molecular formula is C25H22N4O3S2. The molecule has 0 saturated carbocycles. The van der Waals surface area contributed by atoms with Crippen LogP contribution in [0.15, 0.2) is 82.2 Å². The quantitative estimate of drug-likeness (QED) is 0.530. The third kappa shape index (κ3) is 4.76. The lowest BCUT2D eigenvalue weighted by Gasteiger charge is -2.23. The predicted molar refractivity (Wildman–Crippen MR) is 137 cm³/mol. The minimum Gasteiger partial charge on any atom is -0.497 e. The minimum atomic E-state index is -0.585. The Hall–Kier alpha value is -3.43. The van der Waals surface area contributed by atoms with E-state index in [0.29, 0.717) is 16.6 Å². The van der Waals surface area contributed by atoms with Crippen molar-refractivity contribution in [3.63, 3.8) is 0 Å². The molecule has 3 aromatic rings. The van der Waals surface area contributed by atoms with Gasteiger partial charge in [0.1, 0.15) is 11.0 Å². The molecule has 0 bridgehead atoms. The highest BCUT2D eigenvalue weighted by atomic mass is 32.2. The number of carbonyl (C=O) groups excluding carboxylic acids is 2. The second kappa shape index (κ2) is 9.82. The van der Waals surface area contributed by atoms with Crippen LogP contribution in [0.2, 0.25) is 0 Å². The normalized spacial score (nSPS) is 19.7. The van der Waals surface area contributed by atoms with E-state index in [1.54, 1.807) is 42.7 Å². The first kappa shape index (κ1) is 22.4. The summed E-state index contributed by atoms with van der Waals surface area (Å²) in [6.45, 7) is 0. The standard InChI is InChI=1S/C25H22N4O3S2/c1-32-18-10-5-9-17(13-18)26-23(30)15-22-24(31)27-25(34-22)29-20(16-7-3-2-4-8-16)14-19(28-29)21-11-6-12-33-21/h2-13,20,22H,14-15H2,1H3,(H,26,30)/t20-,22-/m1/s1. The van der Waals surface area contributed by atoms with Crippen molar-refractivity contribution in [3.05, 3.63) is 82.6 Å². The van der Waals surface area contributed by atoms with Crippen LogP contribution in [0.3, 0.4) is 0 Å². The number of nitrogens with one attached hydrogen (secondary N) is 1. The van der Waals surface area contributed by atoms with Crippen molar-refractivity contribution < 1.29 is 14.3 Å². The molecule has 2 aromatic carbocycles. The molecule has 0 fully saturated rings. The molecule has 0 radical (unpaired) electrons. The third-order valence-electron chi connectivity index (χ3n) is 5.55. The summed E-state index contributed by atoms with van der Waals surface area (Å²) < 4.78 is 5.19. The number of amidine groups is 1. The zero-order valence-electron chi connectivity index (χ0n) is 18.4. The van der Waals surface area contributed by atoms with Crippen molar-refractivity contribution in [2.45, 2.75) is 24.1 Å². The molecular weight excluding hydrogens is 468 g/mol. The second-order valence-electron chi connectivity index (χ2n) is 7.82. The lowest BCUT2D eigenvalue weighted by Crippen LogP contribution is -2.25. The number of benzene rings is 2. The third-order valence-corrected chi connectivity index (χ3v) is 7.61. The number of aliphatic imine (C=N–C) groups is 1. The predicted octanol–water partition coefficient (Wildman–Crippen LogP) is 4.93. The average molecular weight is 491 g/mol. The number of carbonyl (C=O) groups is 2. The fourth-order valence-electron chi connectivity index (χ4n) is 3.90. The fourth-order valence-corrected chi connectivity index (χ4v) is 5.68. The summed E-state index contributed by atoms with van der Waals surface area (Å²) >= 11 is 2.94. The van der Waals surface area contributed by atoms with Gasteiger partial charge >= 0.3 is 0 Å². The molecule has 3 heterocycles.